The van der Waals surface area contributed by atoms with E-state index in [9.17, 15) is 4.39 Å². The number of hydrogen-bond donors (Lipinski definition) is 1. The molecule has 0 unspecified atom stereocenters. The van der Waals surface area contributed by atoms with E-state index in [4.69, 9.17) is 16.7 Å². The van der Waals surface area contributed by atoms with Crippen molar-refractivity contribution in [1.29, 1.82) is 0 Å². The molecule has 14 heavy (non-hydrogen) atoms. The third-order valence-electron chi connectivity index (χ3n) is 2.33. The summed E-state index contributed by atoms with van der Waals surface area (Å²) in [5.41, 5.74) is 0.975. The standard InChI is InChI=1S/C10H11ClFNO/c11-9-3-7(1-2-10(9)12)4-13-5-8(14)6-13/h1-3,8,14H,4-6H2. The Labute approximate surface area is 86.9 Å². The lowest BCUT2D eigenvalue weighted by Crippen LogP contribution is -2.49. The van der Waals surface area contributed by atoms with Gasteiger partial charge in [0.2, 0.25) is 0 Å². The van der Waals surface area contributed by atoms with Gasteiger partial charge in [-0.2, -0.15) is 0 Å². The molecule has 0 aliphatic carbocycles. The Morgan fingerprint density at radius 2 is 2.21 bits per heavy atom. The molecule has 1 saturated heterocycles. The first-order chi connectivity index (χ1) is 6.65. The molecular weight excluding hydrogens is 205 g/mol. The van der Waals surface area contributed by atoms with Gasteiger partial charge in [-0.15, -0.1) is 0 Å². The maximum absolute atomic E-state index is 12.8. The molecule has 0 amide bonds. The van der Waals surface area contributed by atoms with Gasteiger partial charge in [0.15, 0.2) is 0 Å². The van der Waals surface area contributed by atoms with Crippen molar-refractivity contribution in [3.8, 4) is 0 Å². The largest absolute Gasteiger partial charge is 0.390 e. The lowest BCUT2D eigenvalue weighted by Gasteiger charge is -2.35. The summed E-state index contributed by atoms with van der Waals surface area (Å²) >= 11 is 5.64. The van der Waals surface area contributed by atoms with Crippen LogP contribution in [0.5, 0.6) is 0 Å². The Bertz CT molecular complexity index is 339. The van der Waals surface area contributed by atoms with E-state index in [1.165, 1.54) is 6.07 Å². The van der Waals surface area contributed by atoms with Gasteiger partial charge >= 0.3 is 0 Å². The van der Waals surface area contributed by atoms with Gasteiger partial charge in [-0.1, -0.05) is 17.7 Å². The SMILES string of the molecule is OC1CN(Cc2ccc(F)c(Cl)c2)C1. The number of rotatable bonds is 2. The van der Waals surface area contributed by atoms with Crippen LogP contribution >= 0.6 is 11.6 Å². The number of hydrogen-bond acceptors (Lipinski definition) is 2. The Hall–Kier alpha value is -0.640. The molecule has 2 nitrogen and oxygen atoms in total. The first-order valence-corrected chi connectivity index (χ1v) is 4.87. The quantitative estimate of drug-likeness (QED) is 0.811. The molecule has 0 radical (unpaired) electrons. The highest BCUT2D eigenvalue weighted by atomic mass is 35.5. The van der Waals surface area contributed by atoms with E-state index in [0.29, 0.717) is 13.1 Å². The second kappa shape index (κ2) is 3.85. The number of benzene rings is 1. The van der Waals surface area contributed by atoms with E-state index in [1.54, 1.807) is 12.1 Å². The Balaban J connectivity index is 2.00. The molecule has 1 heterocycles. The first kappa shape index (κ1) is 9.90. The number of aliphatic hydroxyl groups is 1. The monoisotopic (exact) mass is 215 g/mol. The smallest absolute Gasteiger partial charge is 0.141 e. The molecule has 1 aromatic rings. The van der Waals surface area contributed by atoms with E-state index >= 15 is 0 Å². The molecule has 0 aromatic heterocycles. The fourth-order valence-corrected chi connectivity index (χ4v) is 1.77. The second-order valence-electron chi connectivity index (χ2n) is 3.60. The maximum atomic E-state index is 12.8. The molecule has 76 valence electrons. The highest BCUT2D eigenvalue weighted by Gasteiger charge is 2.23. The van der Waals surface area contributed by atoms with Crippen LogP contribution in [-0.2, 0) is 6.54 Å². The molecule has 1 aliphatic heterocycles. The Morgan fingerprint density at radius 1 is 1.50 bits per heavy atom. The van der Waals surface area contributed by atoms with Crippen LogP contribution in [0.3, 0.4) is 0 Å². The second-order valence-corrected chi connectivity index (χ2v) is 4.00. The fourth-order valence-electron chi connectivity index (χ4n) is 1.57. The van der Waals surface area contributed by atoms with Crippen molar-refractivity contribution in [1.82, 2.24) is 4.90 Å². The van der Waals surface area contributed by atoms with Crippen LogP contribution in [0.25, 0.3) is 0 Å². The maximum Gasteiger partial charge on any atom is 0.141 e. The summed E-state index contributed by atoms with van der Waals surface area (Å²) in [6.45, 7) is 2.10. The summed E-state index contributed by atoms with van der Waals surface area (Å²) in [6, 6.07) is 4.71. The molecule has 1 aromatic carbocycles. The number of aliphatic hydroxyl groups excluding tert-OH is 1. The summed E-state index contributed by atoms with van der Waals surface area (Å²) < 4.78 is 12.8. The van der Waals surface area contributed by atoms with Crippen LogP contribution in [0.15, 0.2) is 18.2 Å². The van der Waals surface area contributed by atoms with Gasteiger partial charge in [-0.3, -0.25) is 4.90 Å². The molecular formula is C10H11ClFNO. The minimum Gasteiger partial charge on any atom is -0.390 e. The van der Waals surface area contributed by atoms with E-state index in [2.05, 4.69) is 4.90 Å². The van der Waals surface area contributed by atoms with E-state index in [-0.39, 0.29) is 16.9 Å². The number of likely N-dealkylation sites (tertiary alicyclic amines) is 1. The van der Waals surface area contributed by atoms with Gasteiger partial charge in [-0.25, -0.2) is 4.39 Å². The summed E-state index contributed by atoms with van der Waals surface area (Å²) in [5, 5.41) is 9.22. The van der Waals surface area contributed by atoms with Gasteiger partial charge in [0.25, 0.3) is 0 Å². The zero-order chi connectivity index (χ0) is 10.1. The van der Waals surface area contributed by atoms with Gasteiger partial charge < -0.3 is 5.11 Å². The van der Waals surface area contributed by atoms with Crippen molar-refractivity contribution >= 4 is 11.6 Å². The lowest BCUT2D eigenvalue weighted by atomic mass is 10.1. The molecule has 0 bridgehead atoms. The summed E-state index contributed by atoms with van der Waals surface area (Å²) in [4.78, 5) is 2.08. The van der Waals surface area contributed by atoms with Gasteiger partial charge in [0.1, 0.15) is 5.82 Å². The van der Waals surface area contributed by atoms with Crippen LogP contribution in [0, 0.1) is 5.82 Å². The van der Waals surface area contributed by atoms with Crippen molar-refractivity contribution in [2.75, 3.05) is 13.1 Å². The van der Waals surface area contributed by atoms with Crippen molar-refractivity contribution in [2.45, 2.75) is 12.6 Å². The molecule has 0 saturated carbocycles. The summed E-state index contributed by atoms with van der Waals surface area (Å²) in [7, 11) is 0. The van der Waals surface area contributed by atoms with Crippen LogP contribution in [0.4, 0.5) is 4.39 Å². The molecule has 2 rings (SSSR count). The van der Waals surface area contributed by atoms with Crippen LogP contribution in [0.2, 0.25) is 5.02 Å². The van der Waals surface area contributed by atoms with Crippen molar-refractivity contribution in [3.05, 3.63) is 34.6 Å². The third-order valence-corrected chi connectivity index (χ3v) is 2.62. The zero-order valence-corrected chi connectivity index (χ0v) is 8.34. The summed E-state index contributed by atoms with van der Waals surface area (Å²) in [5.74, 6) is -0.390. The predicted octanol–water partition coefficient (Wildman–Crippen LogP) is 1.66. The zero-order valence-electron chi connectivity index (χ0n) is 7.58. The Kier molecular flexibility index (Phi) is 2.72. The van der Waals surface area contributed by atoms with E-state index < -0.39 is 0 Å². The number of halogens is 2. The fraction of sp³-hybridized carbons (Fsp3) is 0.400. The minimum absolute atomic E-state index is 0.156. The molecule has 1 aliphatic rings. The van der Waals surface area contributed by atoms with Crippen molar-refractivity contribution in [3.63, 3.8) is 0 Å². The topological polar surface area (TPSA) is 23.5 Å². The molecule has 0 spiro atoms. The Morgan fingerprint density at radius 3 is 2.79 bits per heavy atom. The normalized spacial score (nSPS) is 18.2. The van der Waals surface area contributed by atoms with Crippen molar-refractivity contribution < 1.29 is 9.50 Å². The summed E-state index contributed by atoms with van der Waals surface area (Å²) in [6.07, 6.45) is -0.203. The number of β-amino-alcohol motifs (C(OH)–C–C–N with tert-alkyl or cyclic N) is 1. The predicted molar refractivity (Wildman–Crippen MR) is 52.7 cm³/mol. The van der Waals surface area contributed by atoms with Crippen LogP contribution < -0.4 is 0 Å². The highest BCUT2D eigenvalue weighted by molar-refractivity contribution is 6.30. The average molecular weight is 216 g/mol. The van der Waals surface area contributed by atoms with Crippen molar-refractivity contribution in [2.24, 2.45) is 0 Å². The number of nitrogens with zero attached hydrogens (tertiary/aromatic N) is 1. The molecule has 0 atom stereocenters. The van der Waals surface area contributed by atoms with E-state index in [1.807, 2.05) is 0 Å². The van der Waals surface area contributed by atoms with Gasteiger partial charge in [0, 0.05) is 19.6 Å². The minimum atomic E-state index is -0.390. The van der Waals surface area contributed by atoms with Gasteiger partial charge in [0.05, 0.1) is 11.1 Å². The van der Waals surface area contributed by atoms with E-state index in [0.717, 1.165) is 12.1 Å². The molecule has 1 N–H and O–H groups in total. The molecule has 1 fully saturated rings. The third kappa shape index (κ3) is 2.05. The van der Waals surface area contributed by atoms with Crippen LogP contribution in [-0.4, -0.2) is 29.2 Å². The average Bonchev–Trinajstić information content (AvgIpc) is 2.09. The first-order valence-electron chi connectivity index (χ1n) is 4.49. The highest BCUT2D eigenvalue weighted by Crippen LogP contribution is 2.19. The lowest BCUT2D eigenvalue weighted by molar-refractivity contribution is -0.00287. The molecule has 4 heteroatoms. The van der Waals surface area contributed by atoms with Gasteiger partial charge in [-0.05, 0) is 17.7 Å². The van der Waals surface area contributed by atoms with Crippen LogP contribution in [0.1, 0.15) is 5.56 Å².